The number of nitrogens with one attached hydrogen (secondary N) is 2. The normalized spacial score (nSPS) is 31.7. The highest BCUT2D eigenvalue weighted by atomic mass is 15.6. The van der Waals surface area contributed by atoms with Gasteiger partial charge in [0.2, 0.25) is 11.7 Å². The predicted molar refractivity (Wildman–Crippen MR) is 86.8 cm³/mol. The molecule has 1 saturated heterocycles. The molecule has 1 fully saturated rings. The molecule has 0 amide bonds. The first-order valence-corrected chi connectivity index (χ1v) is 8.18. The van der Waals surface area contributed by atoms with Crippen LogP contribution in [0.15, 0.2) is 23.2 Å². The van der Waals surface area contributed by atoms with E-state index in [9.17, 15) is 0 Å². The van der Waals surface area contributed by atoms with Crippen LogP contribution in [0.4, 0.5) is 0 Å². The SMILES string of the molecule is NC1=NC(N)(c2ccc3c(c2)CCC(N2CCC2)CC3)NN1. The number of rotatable bonds is 2. The lowest BCUT2D eigenvalue weighted by molar-refractivity contribution is 0.107. The summed E-state index contributed by atoms with van der Waals surface area (Å²) in [7, 11) is 0. The molecule has 3 aliphatic rings. The summed E-state index contributed by atoms with van der Waals surface area (Å²) in [4.78, 5) is 6.90. The van der Waals surface area contributed by atoms with E-state index in [-0.39, 0.29) is 0 Å². The van der Waals surface area contributed by atoms with Gasteiger partial charge in [-0.05, 0) is 56.3 Å². The van der Waals surface area contributed by atoms with Crippen LogP contribution in [0.25, 0.3) is 0 Å². The second kappa shape index (κ2) is 5.22. The number of hydrogen-bond donors (Lipinski definition) is 4. The van der Waals surface area contributed by atoms with E-state index in [0.29, 0.717) is 5.96 Å². The molecule has 1 aromatic rings. The number of nitrogens with two attached hydrogens (primary N) is 2. The third-order valence-electron chi connectivity index (χ3n) is 5.23. The summed E-state index contributed by atoms with van der Waals surface area (Å²) in [5.41, 5.74) is 21.5. The molecule has 0 saturated carbocycles. The summed E-state index contributed by atoms with van der Waals surface area (Å²) in [5, 5.41) is 0. The number of guanidine groups is 1. The Labute approximate surface area is 130 Å². The van der Waals surface area contributed by atoms with E-state index in [0.717, 1.165) is 24.4 Å². The number of aryl methyl sites for hydroxylation is 2. The fourth-order valence-electron chi connectivity index (χ4n) is 3.74. The first-order valence-electron chi connectivity index (χ1n) is 8.18. The minimum Gasteiger partial charge on any atom is -0.369 e. The molecule has 6 nitrogen and oxygen atoms in total. The van der Waals surface area contributed by atoms with Gasteiger partial charge in [-0.1, -0.05) is 18.2 Å². The van der Waals surface area contributed by atoms with E-state index < -0.39 is 5.79 Å². The predicted octanol–water partition coefficient (Wildman–Crippen LogP) is 0.131. The smallest absolute Gasteiger partial charge is 0.209 e. The molecule has 2 heterocycles. The van der Waals surface area contributed by atoms with Crippen molar-refractivity contribution in [2.45, 2.75) is 43.9 Å². The van der Waals surface area contributed by atoms with Crippen LogP contribution in [0, 0.1) is 0 Å². The van der Waals surface area contributed by atoms with Crippen LogP contribution >= 0.6 is 0 Å². The van der Waals surface area contributed by atoms with Crippen LogP contribution in [-0.2, 0) is 18.6 Å². The molecule has 2 unspecified atom stereocenters. The van der Waals surface area contributed by atoms with Gasteiger partial charge in [0.1, 0.15) is 0 Å². The summed E-state index contributed by atoms with van der Waals surface area (Å²) in [5.74, 6) is -0.627. The van der Waals surface area contributed by atoms with Crippen LogP contribution in [0.3, 0.4) is 0 Å². The van der Waals surface area contributed by atoms with Crippen LogP contribution in [0.1, 0.15) is 36.0 Å². The Balaban J connectivity index is 1.56. The Hall–Kier alpha value is -1.63. The zero-order valence-corrected chi connectivity index (χ0v) is 12.8. The first-order chi connectivity index (χ1) is 10.6. The zero-order chi connectivity index (χ0) is 15.2. The summed E-state index contributed by atoms with van der Waals surface area (Å²) in [6.45, 7) is 2.56. The topological polar surface area (TPSA) is 91.7 Å². The van der Waals surface area contributed by atoms with E-state index in [1.807, 2.05) is 0 Å². The standard InChI is InChI=1S/C16H24N6/c17-15-19-16(18,21-20-15)13-5-2-11-3-6-14(22-8-1-9-22)7-4-12(11)10-13/h2,5,10,14,21H,1,3-4,6-9,18H2,(H3,17,19,20). The highest BCUT2D eigenvalue weighted by Crippen LogP contribution is 2.29. The van der Waals surface area contributed by atoms with Crippen molar-refractivity contribution in [2.24, 2.45) is 16.5 Å². The van der Waals surface area contributed by atoms with Gasteiger partial charge in [-0.2, -0.15) is 5.43 Å². The number of fused-ring (bicyclic) bond motifs is 1. The molecule has 0 bridgehead atoms. The van der Waals surface area contributed by atoms with Crippen LogP contribution in [0.2, 0.25) is 0 Å². The minimum absolute atomic E-state index is 0.329. The van der Waals surface area contributed by atoms with Gasteiger partial charge in [0.05, 0.1) is 0 Å². The lowest BCUT2D eigenvalue weighted by atomic mass is 9.97. The number of aliphatic imine (C=N–C) groups is 1. The number of benzene rings is 1. The van der Waals surface area contributed by atoms with Crippen molar-refractivity contribution in [1.82, 2.24) is 15.8 Å². The molecule has 118 valence electrons. The van der Waals surface area contributed by atoms with Gasteiger partial charge in [-0.25, -0.2) is 4.99 Å². The van der Waals surface area contributed by atoms with Gasteiger partial charge in [0.25, 0.3) is 0 Å². The average Bonchev–Trinajstić information content (AvgIpc) is 2.69. The lowest BCUT2D eigenvalue weighted by Crippen LogP contribution is -2.50. The fourth-order valence-corrected chi connectivity index (χ4v) is 3.74. The molecule has 1 aromatic carbocycles. The van der Waals surface area contributed by atoms with Crippen molar-refractivity contribution < 1.29 is 0 Å². The maximum absolute atomic E-state index is 6.30. The van der Waals surface area contributed by atoms with Gasteiger partial charge in [-0.3, -0.25) is 11.2 Å². The molecular weight excluding hydrogens is 276 g/mol. The summed E-state index contributed by atoms with van der Waals surface area (Å²) < 4.78 is 0. The minimum atomic E-state index is -0.956. The van der Waals surface area contributed by atoms with Gasteiger partial charge in [-0.15, -0.1) is 0 Å². The highest BCUT2D eigenvalue weighted by Gasteiger charge is 2.32. The lowest BCUT2D eigenvalue weighted by Gasteiger charge is -2.38. The second-order valence-electron chi connectivity index (χ2n) is 6.62. The first kappa shape index (κ1) is 14.0. The third-order valence-corrected chi connectivity index (χ3v) is 5.23. The van der Waals surface area contributed by atoms with Crippen molar-refractivity contribution in [1.29, 1.82) is 0 Å². The van der Waals surface area contributed by atoms with Crippen LogP contribution in [0.5, 0.6) is 0 Å². The Bertz CT molecular complexity index is 609. The molecule has 2 aliphatic heterocycles. The Morgan fingerprint density at radius 2 is 1.95 bits per heavy atom. The molecule has 1 aliphatic carbocycles. The van der Waals surface area contributed by atoms with Crippen molar-refractivity contribution >= 4 is 5.96 Å². The number of hydrazine groups is 1. The van der Waals surface area contributed by atoms with Crippen molar-refractivity contribution in [3.05, 3.63) is 34.9 Å². The molecule has 0 aromatic heterocycles. The van der Waals surface area contributed by atoms with E-state index >= 15 is 0 Å². The molecule has 0 radical (unpaired) electrons. The van der Waals surface area contributed by atoms with E-state index in [4.69, 9.17) is 11.5 Å². The largest absolute Gasteiger partial charge is 0.369 e. The quantitative estimate of drug-likeness (QED) is 0.583. The zero-order valence-electron chi connectivity index (χ0n) is 12.8. The van der Waals surface area contributed by atoms with Gasteiger partial charge in [0.15, 0.2) is 0 Å². The molecule has 6 heteroatoms. The van der Waals surface area contributed by atoms with Gasteiger partial charge >= 0.3 is 0 Å². The summed E-state index contributed by atoms with van der Waals surface area (Å²) >= 11 is 0. The Kier molecular flexibility index (Phi) is 3.32. The fraction of sp³-hybridized carbons (Fsp3) is 0.562. The number of hydrogen-bond acceptors (Lipinski definition) is 6. The maximum atomic E-state index is 6.30. The molecule has 4 rings (SSSR count). The number of likely N-dealkylation sites (tertiary alicyclic amines) is 1. The van der Waals surface area contributed by atoms with E-state index in [1.165, 1.54) is 43.5 Å². The summed E-state index contributed by atoms with van der Waals surface area (Å²) in [6.07, 6.45) is 6.15. The second-order valence-corrected chi connectivity index (χ2v) is 6.62. The monoisotopic (exact) mass is 300 g/mol. The Morgan fingerprint density at radius 3 is 2.59 bits per heavy atom. The third kappa shape index (κ3) is 2.37. The molecular formula is C16H24N6. The maximum Gasteiger partial charge on any atom is 0.209 e. The molecule has 22 heavy (non-hydrogen) atoms. The van der Waals surface area contributed by atoms with Gasteiger partial charge < -0.3 is 10.6 Å². The number of nitrogens with zero attached hydrogens (tertiary/aromatic N) is 2. The Morgan fingerprint density at radius 1 is 1.18 bits per heavy atom. The molecule has 0 spiro atoms. The van der Waals surface area contributed by atoms with Crippen molar-refractivity contribution in [2.75, 3.05) is 13.1 Å². The van der Waals surface area contributed by atoms with Gasteiger partial charge in [0, 0.05) is 11.6 Å². The summed E-state index contributed by atoms with van der Waals surface area (Å²) in [6, 6.07) is 7.23. The van der Waals surface area contributed by atoms with E-state index in [1.54, 1.807) is 0 Å². The van der Waals surface area contributed by atoms with Crippen LogP contribution < -0.4 is 22.3 Å². The van der Waals surface area contributed by atoms with E-state index in [2.05, 4.69) is 38.9 Å². The molecule has 2 atom stereocenters. The van der Waals surface area contributed by atoms with Crippen molar-refractivity contribution in [3.63, 3.8) is 0 Å². The molecule has 6 N–H and O–H groups in total. The van der Waals surface area contributed by atoms with Crippen LogP contribution in [-0.4, -0.2) is 30.0 Å². The highest BCUT2D eigenvalue weighted by molar-refractivity contribution is 5.79. The van der Waals surface area contributed by atoms with Crippen molar-refractivity contribution in [3.8, 4) is 0 Å². The average molecular weight is 300 g/mol.